The van der Waals surface area contributed by atoms with Crippen LogP contribution in [0, 0.1) is 23.7 Å². The van der Waals surface area contributed by atoms with E-state index < -0.39 is 0 Å². The lowest BCUT2D eigenvalue weighted by atomic mass is 9.73. The van der Waals surface area contributed by atoms with E-state index in [0.29, 0.717) is 29.5 Å². The van der Waals surface area contributed by atoms with Gasteiger partial charge in [0.2, 0.25) is 0 Å². The van der Waals surface area contributed by atoms with Crippen LogP contribution in [-0.2, 0) is 4.79 Å². The van der Waals surface area contributed by atoms with Crippen LogP contribution in [0.15, 0.2) is 12.2 Å². The minimum Gasteiger partial charge on any atom is -0.300 e. The zero-order chi connectivity index (χ0) is 9.42. The summed E-state index contributed by atoms with van der Waals surface area (Å²) >= 11 is 0. The predicted molar refractivity (Wildman–Crippen MR) is 53.3 cm³/mol. The molecule has 0 N–H and O–H groups in total. The molecule has 2 aliphatic carbocycles. The van der Waals surface area contributed by atoms with Crippen LogP contribution < -0.4 is 0 Å². The molecule has 0 spiro atoms. The third-order valence-corrected chi connectivity index (χ3v) is 3.62. The zero-order valence-electron chi connectivity index (χ0n) is 8.49. The van der Waals surface area contributed by atoms with Crippen molar-refractivity contribution in [3.63, 3.8) is 0 Å². The van der Waals surface area contributed by atoms with Gasteiger partial charge < -0.3 is 0 Å². The third-order valence-electron chi connectivity index (χ3n) is 3.62. The van der Waals surface area contributed by atoms with Gasteiger partial charge in [0.25, 0.3) is 0 Å². The van der Waals surface area contributed by atoms with Crippen LogP contribution in [0.25, 0.3) is 0 Å². The van der Waals surface area contributed by atoms with Gasteiger partial charge in [0.05, 0.1) is 0 Å². The lowest BCUT2D eigenvalue weighted by Crippen LogP contribution is -2.24. The van der Waals surface area contributed by atoms with Crippen molar-refractivity contribution in [2.45, 2.75) is 33.1 Å². The van der Waals surface area contributed by atoms with Crippen LogP contribution >= 0.6 is 0 Å². The lowest BCUT2D eigenvalue weighted by Gasteiger charge is -2.31. The number of fused-ring (bicyclic) bond motifs is 1. The van der Waals surface area contributed by atoms with Crippen LogP contribution in [0.5, 0.6) is 0 Å². The highest BCUT2D eigenvalue weighted by molar-refractivity contribution is 5.81. The van der Waals surface area contributed by atoms with E-state index in [1.807, 2.05) is 0 Å². The maximum Gasteiger partial charge on any atom is 0.133 e. The summed E-state index contributed by atoms with van der Waals surface area (Å²) in [6.45, 7) is 4.53. The monoisotopic (exact) mass is 178 g/mol. The van der Waals surface area contributed by atoms with E-state index in [9.17, 15) is 4.79 Å². The Balaban J connectivity index is 2.16. The summed E-state index contributed by atoms with van der Waals surface area (Å²) < 4.78 is 0. The van der Waals surface area contributed by atoms with Gasteiger partial charge in [0, 0.05) is 12.8 Å². The zero-order valence-corrected chi connectivity index (χ0v) is 8.49. The van der Waals surface area contributed by atoms with Crippen molar-refractivity contribution in [2.24, 2.45) is 23.7 Å². The van der Waals surface area contributed by atoms with Crippen molar-refractivity contribution in [1.29, 1.82) is 0 Å². The molecule has 0 aromatic carbocycles. The van der Waals surface area contributed by atoms with Gasteiger partial charge in [-0.2, -0.15) is 0 Å². The molecule has 1 heteroatoms. The molecule has 2 rings (SSSR count). The Hall–Kier alpha value is -0.590. The van der Waals surface area contributed by atoms with Gasteiger partial charge >= 0.3 is 0 Å². The Morgan fingerprint density at radius 2 is 2.15 bits per heavy atom. The molecule has 72 valence electrons. The number of allylic oxidation sites excluding steroid dienone is 2. The number of hydrogen-bond acceptors (Lipinski definition) is 1. The summed E-state index contributed by atoms with van der Waals surface area (Å²) in [7, 11) is 0. The smallest absolute Gasteiger partial charge is 0.133 e. The van der Waals surface area contributed by atoms with Gasteiger partial charge in [-0.25, -0.2) is 0 Å². The second-order valence-corrected chi connectivity index (χ2v) is 4.86. The quantitative estimate of drug-likeness (QED) is 0.564. The number of hydrogen-bond donors (Lipinski definition) is 0. The molecule has 0 bridgehead atoms. The van der Waals surface area contributed by atoms with E-state index >= 15 is 0 Å². The molecule has 1 saturated carbocycles. The second-order valence-electron chi connectivity index (χ2n) is 4.86. The Kier molecular flexibility index (Phi) is 2.27. The van der Waals surface area contributed by atoms with Gasteiger partial charge in [-0.15, -0.1) is 0 Å². The van der Waals surface area contributed by atoms with Crippen molar-refractivity contribution in [3.8, 4) is 0 Å². The number of Topliss-reactive ketones (excluding diaryl/α,β-unsaturated/α-hetero) is 1. The largest absolute Gasteiger partial charge is 0.300 e. The normalized spacial score (nSPS) is 38.4. The van der Waals surface area contributed by atoms with Crippen LogP contribution in [0.4, 0.5) is 0 Å². The Bertz CT molecular complexity index is 240. The summed E-state index contributed by atoms with van der Waals surface area (Å²) in [6.07, 6.45) is 7.45. The van der Waals surface area contributed by atoms with Crippen LogP contribution in [-0.4, -0.2) is 5.78 Å². The maximum absolute atomic E-state index is 11.3. The van der Waals surface area contributed by atoms with E-state index in [1.54, 1.807) is 0 Å². The molecule has 0 heterocycles. The van der Waals surface area contributed by atoms with E-state index in [1.165, 1.54) is 0 Å². The summed E-state index contributed by atoms with van der Waals surface area (Å²) in [6, 6.07) is 0. The molecule has 0 radical (unpaired) electrons. The molecule has 3 atom stereocenters. The molecule has 1 unspecified atom stereocenters. The highest BCUT2D eigenvalue weighted by Gasteiger charge is 2.39. The fourth-order valence-corrected chi connectivity index (χ4v) is 2.94. The van der Waals surface area contributed by atoms with Crippen molar-refractivity contribution < 1.29 is 4.79 Å². The van der Waals surface area contributed by atoms with Crippen molar-refractivity contribution >= 4 is 5.78 Å². The SMILES string of the molecule is CC(C)C1C=CC[C@@H]2CC(=O)C[C@@H]12. The Labute approximate surface area is 80.2 Å². The Morgan fingerprint density at radius 1 is 1.38 bits per heavy atom. The number of ketones is 1. The second kappa shape index (κ2) is 3.28. The fourth-order valence-electron chi connectivity index (χ4n) is 2.94. The fraction of sp³-hybridized carbons (Fsp3) is 0.750. The molecular formula is C12H18O. The van der Waals surface area contributed by atoms with Gasteiger partial charge in [-0.1, -0.05) is 26.0 Å². The van der Waals surface area contributed by atoms with Crippen molar-refractivity contribution in [3.05, 3.63) is 12.2 Å². The third kappa shape index (κ3) is 1.56. The van der Waals surface area contributed by atoms with Gasteiger partial charge in [0.15, 0.2) is 0 Å². The standard InChI is InChI=1S/C12H18O/c1-8(2)11-5-3-4-9-6-10(13)7-12(9)11/h3,5,8-9,11-12H,4,6-7H2,1-2H3/t9-,11?,12-/m1/s1. The molecule has 0 aromatic rings. The minimum absolute atomic E-state index is 0.490. The highest BCUT2D eigenvalue weighted by atomic mass is 16.1. The first kappa shape index (κ1) is 8.98. The molecular weight excluding hydrogens is 160 g/mol. The van der Waals surface area contributed by atoms with Gasteiger partial charge in [-0.3, -0.25) is 4.79 Å². The van der Waals surface area contributed by atoms with E-state index in [-0.39, 0.29) is 0 Å². The molecule has 0 saturated heterocycles. The molecule has 2 aliphatic rings. The first-order valence-corrected chi connectivity index (χ1v) is 5.37. The number of carbonyl (C=O) groups is 1. The average molecular weight is 178 g/mol. The molecule has 0 aromatic heterocycles. The summed E-state index contributed by atoms with van der Waals surface area (Å²) in [5.74, 6) is 3.17. The van der Waals surface area contributed by atoms with E-state index in [0.717, 1.165) is 19.3 Å². The highest BCUT2D eigenvalue weighted by Crippen LogP contribution is 2.43. The van der Waals surface area contributed by atoms with E-state index in [4.69, 9.17) is 0 Å². The maximum atomic E-state index is 11.3. The Morgan fingerprint density at radius 3 is 2.85 bits per heavy atom. The van der Waals surface area contributed by atoms with Gasteiger partial charge in [-0.05, 0) is 30.1 Å². The van der Waals surface area contributed by atoms with Gasteiger partial charge in [0.1, 0.15) is 5.78 Å². The first-order chi connectivity index (χ1) is 6.18. The minimum atomic E-state index is 0.490. The average Bonchev–Trinajstić information content (AvgIpc) is 2.43. The molecule has 0 amide bonds. The first-order valence-electron chi connectivity index (χ1n) is 5.37. The molecule has 1 nitrogen and oxygen atoms in total. The van der Waals surface area contributed by atoms with E-state index in [2.05, 4.69) is 26.0 Å². The summed E-state index contributed by atoms with van der Waals surface area (Å²) in [4.78, 5) is 11.3. The van der Waals surface area contributed by atoms with Crippen LogP contribution in [0.2, 0.25) is 0 Å². The molecule has 13 heavy (non-hydrogen) atoms. The van der Waals surface area contributed by atoms with Crippen molar-refractivity contribution in [2.75, 3.05) is 0 Å². The lowest BCUT2D eigenvalue weighted by molar-refractivity contribution is -0.117. The van der Waals surface area contributed by atoms with Crippen molar-refractivity contribution in [1.82, 2.24) is 0 Å². The summed E-state index contributed by atoms with van der Waals surface area (Å²) in [5.41, 5.74) is 0. The predicted octanol–water partition coefficient (Wildman–Crippen LogP) is 2.81. The number of rotatable bonds is 1. The number of carbonyl (C=O) groups excluding carboxylic acids is 1. The molecule has 1 fully saturated rings. The topological polar surface area (TPSA) is 17.1 Å². The molecule has 0 aliphatic heterocycles. The van der Waals surface area contributed by atoms with Crippen LogP contribution in [0.1, 0.15) is 33.1 Å². The summed E-state index contributed by atoms with van der Waals surface area (Å²) in [5, 5.41) is 0. The van der Waals surface area contributed by atoms with Crippen LogP contribution in [0.3, 0.4) is 0 Å².